The van der Waals surface area contributed by atoms with Crippen LogP contribution in [0.3, 0.4) is 0 Å². The third-order valence-electron chi connectivity index (χ3n) is 3.96. The van der Waals surface area contributed by atoms with Gasteiger partial charge in [0, 0.05) is 31.4 Å². The number of carbonyl (C=O) groups excluding carboxylic acids is 1. The minimum absolute atomic E-state index is 0.134. The van der Waals surface area contributed by atoms with Gasteiger partial charge in [-0.3, -0.25) is 9.48 Å². The van der Waals surface area contributed by atoms with Crippen molar-refractivity contribution in [2.45, 2.75) is 51.7 Å². The van der Waals surface area contributed by atoms with Gasteiger partial charge in [-0.15, -0.1) is 0 Å². The summed E-state index contributed by atoms with van der Waals surface area (Å²) in [6, 6.07) is 1.12. The van der Waals surface area contributed by atoms with E-state index in [2.05, 4.69) is 10.4 Å². The Labute approximate surface area is 139 Å². The zero-order valence-corrected chi connectivity index (χ0v) is 14.0. The number of nitrogens with zero attached hydrogens (tertiary/aromatic N) is 2. The van der Waals surface area contributed by atoms with Gasteiger partial charge in [-0.2, -0.15) is 18.3 Å². The molecule has 1 amide bonds. The molecule has 1 aromatic rings. The van der Waals surface area contributed by atoms with Gasteiger partial charge in [0.05, 0.1) is 12.5 Å². The standard InChI is InChI=1S/C16H24F3N3O2/c1-3-24-8-4-7-20-15(23)11(2)10-22-13(12-5-6-12)9-14(21-22)16(17,18)19/h9,11-12H,3-8,10H2,1-2H3,(H,20,23). The lowest BCUT2D eigenvalue weighted by atomic mass is 10.1. The zero-order chi connectivity index (χ0) is 17.7. The first-order valence-corrected chi connectivity index (χ1v) is 8.33. The van der Waals surface area contributed by atoms with Crippen molar-refractivity contribution in [1.82, 2.24) is 15.1 Å². The summed E-state index contributed by atoms with van der Waals surface area (Å²) in [5, 5.41) is 6.46. The number of alkyl halides is 3. The fraction of sp³-hybridized carbons (Fsp3) is 0.750. The van der Waals surface area contributed by atoms with E-state index in [0.717, 1.165) is 18.9 Å². The molecule has 1 heterocycles. The van der Waals surface area contributed by atoms with Crippen LogP contribution in [0.15, 0.2) is 6.07 Å². The quantitative estimate of drug-likeness (QED) is 0.699. The molecular weight excluding hydrogens is 323 g/mol. The van der Waals surface area contributed by atoms with E-state index in [9.17, 15) is 18.0 Å². The summed E-state index contributed by atoms with van der Waals surface area (Å²) in [5.41, 5.74) is -0.299. The van der Waals surface area contributed by atoms with E-state index < -0.39 is 17.8 Å². The number of hydrogen-bond acceptors (Lipinski definition) is 3. The predicted octanol–water partition coefficient (Wildman–Crippen LogP) is 2.96. The molecule has 1 aromatic heterocycles. The Hall–Kier alpha value is -1.57. The van der Waals surface area contributed by atoms with Crippen molar-refractivity contribution in [3.05, 3.63) is 17.5 Å². The van der Waals surface area contributed by atoms with Gasteiger partial charge in [-0.1, -0.05) is 6.92 Å². The maximum absolute atomic E-state index is 12.9. The predicted molar refractivity (Wildman–Crippen MR) is 82.5 cm³/mol. The highest BCUT2D eigenvalue weighted by Crippen LogP contribution is 2.42. The average Bonchev–Trinajstić information content (AvgIpc) is 3.26. The first kappa shape index (κ1) is 18.8. The lowest BCUT2D eigenvalue weighted by Gasteiger charge is -2.14. The van der Waals surface area contributed by atoms with Gasteiger partial charge >= 0.3 is 6.18 Å². The summed E-state index contributed by atoms with van der Waals surface area (Å²) in [5.74, 6) is -0.497. The Balaban J connectivity index is 1.92. The van der Waals surface area contributed by atoms with E-state index in [4.69, 9.17) is 4.74 Å². The molecule has 0 radical (unpaired) electrons. The first-order chi connectivity index (χ1) is 11.3. The molecule has 1 N–H and O–H groups in total. The minimum atomic E-state index is -4.46. The highest BCUT2D eigenvalue weighted by molar-refractivity contribution is 5.78. The van der Waals surface area contributed by atoms with Crippen LogP contribution in [0.2, 0.25) is 0 Å². The third-order valence-corrected chi connectivity index (χ3v) is 3.96. The van der Waals surface area contributed by atoms with E-state index >= 15 is 0 Å². The van der Waals surface area contributed by atoms with E-state index in [1.54, 1.807) is 6.92 Å². The summed E-state index contributed by atoms with van der Waals surface area (Å²) in [6.45, 7) is 5.45. The molecule has 1 aliphatic carbocycles. The van der Waals surface area contributed by atoms with Crippen LogP contribution >= 0.6 is 0 Å². The third kappa shape index (κ3) is 5.22. The van der Waals surface area contributed by atoms with Gasteiger partial charge in [-0.25, -0.2) is 0 Å². The molecule has 0 aromatic carbocycles. The van der Waals surface area contributed by atoms with Crippen LogP contribution in [-0.4, -0.2) is 35.4 Å². The van der Waals surface area contributed by atoms with Crippen LogP contribution in [0.25, 0.3) is 0 Å². The highest BCUT2D eigenvalue weighted by Gasteiger charge is 2.38. The number of nitrogens with one attached hydrogen (secondary N) is 1. The molecule has 1 unspecified atom stereocenters. The SMILES string of the molecule is CCOCCCNC(=O)C(C)Cn1nc(C(F)(F)F)cc1C1CC1. The molecule has 1 fully saturated rings. The zero-order valence-electron chi connectivity index (χ0n) is 14.0. The van der Waals surface area contributed by atoms with Crippen molar-refractivity contribution in [2.75, 3.05) is 19.8 Å². The van der Waals surface area contributed by atoms with Gasteiger partial charge in [-0.05, 0) is 32.3 Å². The second-order valence-electron chi connectivity index (χ2n) is 6.15. The number of aromatic nitrogens is 2. The molecular formula is C16H24F3N3O2. The largest absolute Gasteiger partial charge is 0.435 e. The van der Waals surface area contributed by atoms with Gasteiger partial charge in [0.2, 0.25) is 5.91 Å². The van der Waals surface area contributed by atoms with Crippen LogP contribution in [0, 0.1) is 5.92 Å². The van der Waals surface area contributed by atoms with Gasteiger partial charge in [0.25, 0.3) is 0 Å². The van der Waals surface area contributed by atoms with Gasteiger partial charge in [0.1, 0.15) is 0 Å². The monoisotopic (exact) mass is 347 g/mol. The Bertz CT molecular complexity index is 553. The summed E-state index contributed by atoms with van der Waals surface area (Å²) >= 11 is 0. The lowest BCUT2D eigenvalue weighted by molar-refractivity contribution is -0.141. The van der Waals surface area contributed by atoms with Crippen molar-refractivity contribution < 1.29 is 22.7 Å². The fourth-order valence-electron chi connectivity index (χ4n) is 2.47. The molecule has 5 nitrogen and oxygen atoms in total. The number of ether oxygens (including phenoxy) is 1. The van der Waals surface area contributed by atoms with Crippen molar-refractivity contribution in [3.8, 4) is 0 Å². The molecule has 24 heavy (non-hydrogen) atoms. The van der Waals surface area contributed by atoms with Crippen LogP contribution in [0.4, 0.5) is 13.2 Å². The Morgan fingerprint density at radius 3 is 2.79 bits per heavy atom. The number of amides is 1. The normalized spacial score (nSPS) is 16.2. The lowest BCUT2D eigenvalue weighted by Crippen LogP contribution is -2.33. The number of halogens is 3. The van der Waals surface area contributed by atoms with E-state index in [1.807, 2.05) is 6.92 Å². The second-order valence-corrected chi connectivity index (χ2v) is 6.15. The molecule has 0 saturated heterocycles. The molecule has 0 aliphatic heterocycles. The van der Waals surface area contributed by atoms with Crippen LogP contribution in [-0.2, 0) is 22.3 Å². The second kappa shape index (κ2) is 8.00. The average molecular weight is 347 g/mol. The van der Waals surface area contributed by atoms with Crippen molar-refractivity contribution in [1.29, 1.82) is 0 Å². The highest BCUT2D eigenvalue weighted by atomic mass is 19.4. The first-order valence-electron chi connectivity index (χ1n) is 8.33. The smallest absolute Gasteiger partial charge is 0.382 e. The van der Waals surface area contributed by atoms with E-state index in [-0.39, 0.29) is 18.4 Å². The van der Waals surface area contributed by atoms with E-state index in [0.29, 0.717) is 31.9 Å². The Morgan fingerprint density at radius 2 is 2.21 bits per heavy atom. The summed E-state index contributed by atoms with van der Waals surface area (Å²) in [4.78, 5) is 12.1. The topological polar surface area (TPSA) is 56.1 Å². The van der Waals surface area contributed by atoms with Crippen molar-refractivity contribution in [2.24, 2.45) is 5.92 Å². The van der Waals surface area contributed by atoms with Gasteiger partial charge < -0.3 is 10.1 Å². The van der Waals surface area contributed by atoms with Gasteiger partial charge in [0.15, 0.2) is 5.69 Å². The molecule has 136 valence electrons. The van der Waals surface area contributed by atoms with Crippen LogP contribution < -0.4 is 5.32 Å². The summed E-state index contributed by atoms with van der Waals surface area (Å²) < 4.78 is 45.1. The molecule has 8 heteroatoms. The Morgan fingerprint density at radius 1 is 1.50 bits per heavy atom. The number of hydrogen-bond donors (Lipinski definition) is 1. The molecule has 0 spiro atoms. The molecule has 2 rings (SSSR count). The number of rotatable bonds is 9. The van der Waals surface area contributed by atoms with Crippen molar-refractivity contribution >= 4 is 5.91 Å². The summed E-state index contributed by atoms with van der Waals surface area (Å²) in [6.07, 6.45) is -2.00. The minimum Gasteiger partial charge on any atom is -0.382 e. The van der Waals surface area contributed by atoms with Crippen LogP contribution in [0.5, 0.6) is 0 Å². The summed E-state index contributed by atoms with van der Waals surface area (Å²) in [7, 11) is 0. The molecule has 0 bridgehead atoms. The fourth-order valence-corrected chi connectivity index (χ4v) is 2.47. The number of carbonyl (C=O) groups is 1. The van der Waals surface area contributed by atoms with Crippen molar-refractivity contribution in [3.63, 3.8) is 0 Å². The molecule has 1 atom stereocenters. The Kier molecular flexibility index (Phi) is 6.26. The van der Waals surface area contributed by atoms with Crippen LogP contribution in [0.1, 0.15) is 50.4 Å². The maximum Gasteiger partial charge on any atom is 0.435 e. The maximum atomic E-state index is 12.9. The van der Waals surface area contributed by atoms with E-state index in [1.165, 1.54) is 4.68 Å². The molecule has 1 saturated carbocycles. The molecule has 1 aliphatic rings.